The number of nitrogens with one attached hydrogen (secondary N) is 1. The highest BCUT2D eigenvalue weighted by molar-refractivity contribution is 5.92. The van der Waals surface area contributed by atoms with Crippen molar-refractivity contribution in [1.82, 2.24) is 29.5 Å². The second-order valence-electron chi connectivity index (χ2n) is 6.50. The van der Waals surface area contributed by atoms with Crippen molar-refractivity contribution < 1.29 is 4.79 Å². The summed E-state index contributed by atoms with van der Waals surface area (Å²) in [7, 11) is 0. The molecule has 0 aliphatic rings. The Morgan fingerprint density at radius 1 is 1.32 bits per heavy atom. The number of hydrogen-bond donors (Lipinski definition) is 1. The van der Waals surface area contributed by atoms with Gasteiger partial charge in [0.05, 0.1) is 11.4 Å². The van der Waals surface area contributed by atoms with Crippen molar-refractivity contribution in [2.24, 2.45) is 5.92 Å². The van der Waals surface area contributed by atoms with Gasteiger partial charge in [0.15, 0.2) is 0 Å². The lowest BCUT2D eigenvalue weighted by molar-refractivity contribution is 0.0943. The van der Waals surface area contributed by atoms with Crippen LogP contribution < -0.4 is 5.32 Å². The molecule has 0 saturated heterocycles. The van der Waals surface area contributed by atoms with E-state index < -0.39 is 0 Å². The van der Waals surface area contributed by atoms with E-state index >= 15 is 0 Å². The Labute approximate surface area is 147 Å². The first-order valence-electron chi connectivity index (χ1n) is 8.70. The fourth-order valence-electron chi connectivity index (χ4n) is 2.81. The molecule has 0 unspecified atom stereocenters. The second-order valence-corrected chi connectivity index (χ2v) is 6.50. The van der Waals surface area contributed by atoms with Crippen LogP contribution in [0.15, 0.2) is 30.7 Å². The van der Waals surface area contributed by atoms with E-state index in [0.29, 0.717) is 36.9 Å². The quantitative estimate of drug-likeness (QED) is 0.715. The van der Waals surface area contributed by atoms with Crippen molar-refractivity contribution in [3.8, 4) is 0 Å². The van der Waals surface area contributed by atoms with Crippen LogP contribution in [0.3, 0.4) is 0 Å². The summed E-state index contributed by atoms with van der Waals surface area (Å²) in [5.41, 5.74) is 2.49. The van der Waals surface area contributed by atoms with Gasteiger partial charge in [-0.05, 0) is 31.4 Å². The highest BCUT2D eigenvalue weighted by Crippen LogP contribution is 2.10. The van der Waals surface area contributed by atoms with E-state index in [2.05, 4.69) is 34.2 Å². The maximum Gasteiger partial charge on any atom is 0.269 e. The zero-order valence-electron chi connectivity index (χ0n) is 14.9. The molecule has 0 atom stereocenters. The van der Waals surface area contributed by atoms with Gasteiger partial charge in [-0.3, -0.25) is 13.9 Å². The maximum atomic E-state index is 12.5. The molecule has 132 valence electrons. The third-order valence-corrected chi connectivity index (χ3v) is 3.93. The molecule has 0 radical (unpaired) electrons. The molecule has 3 heterocycles. The lowest BCUT2D eigenvalue weighted by Crippen LogP contribution is -2.28. The number of rotatable bonds is 7. The summed E-state index contributed by atoms with van der Waals surface area (Å²) >= 11 is 0. The standard InChI is InChI=1S/C18H24N6O/c1-4-24-16(11-15(22-24)10-13(2)3)17(25)19-8-6-14-12-23-9-5-7-20-18(23)21-14/h5,7,9,11-13H,4,6,8,10H2,1-3H3,(H,19,25). The third kappa shape index (κ3) is 4.04. The number of imidazole rings is 1. The van der Waals surface area contributed by atoms with Crippen LogP contribution >= 0.6 is 0 Å². The number of carbonyl (C=O) groups is 1. The Morgan fingerprint density at radius 2 is 2.16 bits per heavy atom. The number of aromatic nitrogens is 5. The molecular formula is C18H24N6O. The molecule has 0 aliphatic heterocycles. The van der Waals surface area contributed by atoms with Gasteiger partial charge in [-0.15, -0.1) is 0 Å². The molecule has 3 rings (SSSR count). The number of hydrogen-bond acceptors (Lipinski definition) is 4. The summed E-state index contributed by atoms with van der Waals surface area (Å²) in [4.78, 5) is 21.1. The third-order valence-electron chi connectivity index (χ3n) is 3.93. The number of carbonyl (C=O) groups excluding carboxylic acids is 1. The van der Waals surface area contributed by atoms with Gasteiger partial charge in [0, 0.05) is 38.1 Å². The zero-order valence-corrected chi connectivity index (χ0v) is 14.9. The Kier molecular flexibility index (Phi) is 5.11. The number of fused-ring (bicyclic) bond motifs is 1. The van der Waals surface area contributed by atoms with Gasteiger partial charge in [0.2, 0.25) is 5.78 Å². The van der Waals surface area contributed by atoms with Crippen LogP contribution in [-0.4, -0.2) is 36.6 Å². The fraction of sp³-hybridized carbons (Fsp3) is 0.444. The van der Waals surface area contributed by atoms with E-state index in [-0.39, 0.29) is 5.91 Å². The number of amides is 1. The van der Waals surface area contributed by atoms with Crippen LogP contribution in [0.1, 0.15) is 42.6 Å². The number of nitrogens with zero attached hydrogens (tertiary/aromatic N) is 5. The first-order chi connectivity index (χ1) is 12.1. The molecule has 0 saturated carbocycles. The minimum atomic E-state index is -0.0914. The maximum absolute atomic E-state index is 12.5. The molecule has 3 aromatic rings. The van der Waals surface area contributed by atoms with E-state index in [0.717, 1.165) is 17.8 Å². The Hall–Kier alpha value is -2.70. The molecule has 0 aromatic carbocycles. The first kappa shape index (κ1) is 17.1. The van der Waals surface area contributed by atoms with Gasteiger partial charge in [-0.2, -0.15) is 5.10 Å². The molecule has 0 aliphatic carbocycles. The van der Waals surface area contributed by atoms with E-state index in [1.54, 1.807) is 10.9 Å². The topological polar surface area (TPSA) is 77.1 Å². The van der Waals surface area contributed by atoms with Crippen LogP contribution in [-0.2, 0) is 19.4 Å². The van der Waals surface area contributed by atoms with Gasteiger partial charge >= 0.3 is 0 Å². The van der Waals surface area contributed by atoms with Crippen molar-refractivity contribution in [3.63, 3.8) is 0 Å². The van der Waals surface area contributed by atoms with Gasteiger partial charge in [-0.25, -0.2) is 9.97 Å². The van der Waals surface area contributed by atoms with Crippen LogP contribution in [0.4, 0.5) is 0 Å². The van der Waals surface area contributed by atoms with Crippen molar-refractivity contribution in [1.29, 1.82) is 0 Å². The SMILES string of the molecule is CCn1nc(CC(C)C)cc1C(=O)NCCc1cn2cccnc2n1. The van der Waals surface area contributed by atoms with E-state index in [9.17, 15) is 4.79 Å². The first-order valence-corrected chi connectivity index (χ1v) is 8.70. The van der Waals surface area contributed by atoms with Crippen molar-refractivity contribution in [2.45, 2.75) is 40.2 Å². The Bertz CT molecular complexity index is 830. The molecule has 1 N–H and O–H groups in total. The molecule has 0 bridgehead atoms. The molecule has 3 aromatic heterocycles. The minimum absolute atomic E-state index is 0.0914. The van der Waals surface area contributed by atoms with Crippen LogP contribution in [0.5, 0.6) is 0 Å². The van der Waals surface area contributed by atoms with Gasteiger partial charge in [0.25, 0.3) is 5.91 Å². The summed E-state index contributed by atoms with van der Waals surface area (Å²) in [5, 5.41) is 7.48. The summed E-state index contributed by atoms with van der Waals surface area (Å²) in [6.07, 6.45) is 7.10. The van der Waals surface area contributed by atoms with Crippen molar-refractivity contribution in [2.75, 3.05) is 6.54 Å². The molecule has 7 nitrogen and oxygen atoms in total. The predicted molar refractivity (Wildman–Crippen MR) is 95.5 cm³/mol. The minimum Gasteiger partial charge on any atom is -0.350 e. The van der Waals surface area contributed by atoms with Gasteiger partial charge < -0.3 is 5.32 Å². The highest BCUT2D eigenvalue weighted by atomic mass is 16.2. The lowest BCUT2D eigenvalue weighted by Gasteiger charge is -2.05. The highest BCUT2D eigenvalue weighted by Gasteiger charge is 2.15. The predicted octanol–water partition coefficient (Wildman–Crippen LogP) is 2.12. The number of aryl methyl sites for hydroxylation is 1. The summed E-state index contributed by atoms with van der Waals surface area (Å²) in [6.45, 7) is 7.49. The molecule has 7 heteroatoms. The zero-order chi connectivity index (χ0) is 17.8. The van der Waals surface area contributed by atoms with Crippen LogP contribution in [0.25, 0.3) is 5.78 Å². The molecule has 1 amide bonds. The molecule has 0 fully saturated rings. The van der Waals surface area contributed by atoms with Crippen LogP contribution in [0.2, 0.25) is 0 Å². The van der Waals surface area contributed by atoms with Gasteiger partial charge in [0.1, 0.15) is 5.69 Å². The van der Waals surface area contributed by atoms with E-state index in [1.807, 2.05) is 35.9 Å². The molecule has 0 spiro atoms. The van der Waals surface area contributed by atoms with E-state index in [1.165, 1.54) is 0 Å². The van der Waals surface area contributed by atoms with Gasteiger partial charge in [-0.1, -0.05) is 13.8 Å². The Balaban J connectivity index is 1.61. The van der Waals surface area contributed by atoms with Crippen molar-refractivity contribution >= 4 is 11.7 Å². The summed E-state index contributed by atoms with van der Waals surface area (Å²) in [6, 6.07) is 3.76. The lowest BCUT2D eigenvalue weighted by atomic mass is 10.1. The average molecular weight is 340 g/mol. The second kappa shape index (κ2) is 7.46. The Morgan fingerprint density at radius 3 is 2.88 bits per heavy atom. The molecule has 25 heavy (non-hydrogen) atoms. The summed E-state index contributed by atoms with van der Waals surface area (Å²) in [5.74, 6) is 1.09. The average Bonchev–Trinajstić information content (AvgIpc) is 3.17. The smallest absolute Gasteiger partial charge is 0.269 e. The summed E-state index contributed by atoms with van der Waals surface area (Å²) < 4.78 is 3.64. The molecular weight excluding hydrogens is 316 g/mol. The fourth-order valence-corrected chi connectivity index (χ4v) is 2.81. The van der Waals surface area contributed by atoms with E-state index in [4.69, 9.17) is 0 Å². The monoisotopic (exact) mass is 340 g/mol. The normalized spacial score (nSPS) is 11.4. The van der Waals surface area contributed by atoms with Crippen molar-refractivity contribution in [3.05, 3.63) is 47.8 Å². The van der Waals surface area contributed by atoms with Crippen LogP contribution in [0, 0.1) is 5.92 Å². The largest absolute Gasteiger partial charge is 0.350 e.